The van der Waals surface area contributed by atoms with Crippen LogP contribution in [0.15, 0.2) is 82.5 Å². The summed E-state index contributed by atoms with van der Waals surface area (Å²) < 4.78 is 21.3. The van der Waals surface area contributed by atoms with Crippen LogP contribution < -0.4 is 15.6 Å². The molecular weight excluding hydrogens is 473 g/mol. The van der Waals surface area contributed by atoms with Gasteiger partial charge in [0.05, 0.1) is 21.5 Å². The fraction of sp³-hybridized carbons (Fsp3) is 0.0400. The Kier molecular flexibility index (Phi) is 5.95. The summed E-state index contributed by atoms with van der Waals surface area (Å²) in [5.41, 5.74) is 1.61. The lowest BCUT2D eigenvalue weighted by molar-refractivity contribution is -0.115. The van der Waals surface area contributed by atoms with Crippen molar-refractivity contribution in [1.82, 2.24) is 14.9 Å². The predicted molar refractivity (Wildman–Crippen MR) is 134 cm³/mol. The van der Waals surface area contributed by atoms with Crippen LogP contribution in [-0.4, -0.2) is 19.8 Å². The number of ether oxygens (including phenoxy) is 1. The van der Waals surface area contributed by atoms with E-state index in [0.717, 1.165) is 5.56 Å². The molecule has 2 heterocycles. The van der Waals surface area contributed by atoms with Gasteiger partial charge in [0.15, 0.2) is 5.82 Å². The number of hydrogen-bond donors (Lipinski definition) is 1. The molecule has 1 aliphatic heterocycles. The summed E-state index contributed by atoms with van der Waals surface area (Å²) >= 11 is 6.22. The average Bonchev–Trinajstić information content (AvgIpc) is 3.16. The number of hydrogen-bond acceptors (Lipinski definition) is 6. The third-order valence-corrected chi connectivity index (χ3v) is 6.28. The van der Waals surface area contributed by atoms with Gasteiger partial charge in [-0.15, -0.1) is 0 Å². The van der Waals surface area contributed by atoms with Gasteiger partial charge in [0.1, 0.15) is 22.5 Å². The largest absolute Gasteiger partial charge is 0.486 e. The number of rotatable bonds is 5. The first-order valence-electron chi connectivity index (χ1n) is 10.2. The molecule has 1 fully saturated rings. The fourth-order valence-electron chi connectivity index (χ4n) is 3.51. The van der Waals surface area contributed by atoms with Crippen LogP contribution in [0.3, 0.4) is 0 Å². The second kappa shape index (κ2) is 9.20. The van der Waals surface area contributed by atoms with E-state index >= 15 is 0 Å². The molecule has 1 N–H and O–H groups in total. The summed E-state index contributed by atoms with van der Waals surface area (Å²) in [5.74, 6) is 0.341. The van der Waals surface area contributed by atoms with Crippen LogP contribution in [0.5, 0.6) is 5.75 Å². The second-order valence-electron chi connectivity index (χ2n) is 7.37. The van der Waals surface area contributed by atoms with Gasteiger partial charge in [-0.3, -0.25) is 14.2 Å². The van der Waals surface area contributed by atoms with E-state index in [0.29, 0.717) is 37.4 Å². The van der Waals surface area contributed by atoms with Crippen molar-refractivity contribution in [2.45, 2.75) is 6.61 Å². The number of aromatic nitrogens is 2. The van der Waals surface area contributed by atoms with Crippen LogP contribution in [0, 0.1) is 5.82 Å². The molecule has 9 heteroatoms. The third-order valence-electron chi connectivity index (χ3n) is 5.12. The van der Waals surface area contributed by atoms with Gasteiger partial charge in [-0.05, 0) is 60.2 Å². The fourth-order valence-corrected chi connectivity index (χ4v) is 4.56. The highest BCUT2D eigenvalue weighted by atomic mass is 32.2. The lowest BCUT2D eigenvalue weighted by Gasteiger charge is -2.14. The Morgan fingerprint density at radius 1 is 1.03 bits per heavy atom. The van der Waals surface area contributed by atoms with E-state index < -0.39 is 5.82 Å². The van der Waals surface area contributed by atoms with Gasteiger partial charge in [0.25, 0.3) is 11.5 Å². The van der Waals surface area contributed by atoms with Gasteiger partial charge in [0.2, 0.25) is 0 Å². The first kappa shape index (κ1) is 22.0. The van der Waals surface area contributed by atoms with Crippen LogP contribution in [0.4, 0.5) is 4.39 Å². The monoisotopic (exact) mass is 489 g/mol. The van der Waals surface area contributed by atoms with E-state index in [1.54, 1.807) is 36.4 Å². The normalized spacial score (nSPS) is 14.6. The standard InChI is InChI=1S/C25H16FN3O3S2/c26-16-7-9-17(10-8-16)29-22(27-20-4-2-1-3-19(20)24(29)31)14-32-18-11-5-15(6-12-18)13-21-23(30)28-25(33)34-21/h1-13H,14H2,(H,28,30,33). The van der Waals surface area contributed by atoms with Crippen molar-refractivity contribution in [3.63, 3.8) is 0 Å². The van der Waals surface area contributed by atoms with Crippen molar-refractivity contribution in [2.24, 2.45) is 0 Å². The van der Waals surface area contributed by atoms with E-state index in [1.807, 2.05) is 18.2 Å². The van der Waals surface area contributed by atoms with Crippen LogP contribution >= 0.6 is 24.0 Å². The minimum absolute atomic E-state index is 0.0183. The molecule has 1 saturated heterocycles. The highest BCUT2D eigenvalue weighted by Crippen LogP contribution is 2.26. The van der Waals surface area contributed by atoms with E-state index in [2.05, 4.69) is 10.3 Å². The Bertz CT molecular complexity index is 1510. The van der Waals surface area contributed by atoms with E-state index in [4.69, 9.17) is 17.0 Å². The molecule has 0 saturated carbocycles. The van der Waals surface area contributed by atoms with Gasteiger partial charge < -0.3 is 10.1 Å². The zero-order valence-corrected chi connectivity index (χ0v) is 19.2. The number of benzene rings is 3. The number of carbonyl (C=O) groups is 1. The molecule has 3 aromatic carbocycles. The number of amides is 1. The maximum absolute atomic E-state index is 13.5. The highest BCUT2D eigenvalue weighted by Gasteiger charge is 2.21. The second-order valence-corrected chi connectivity index (χ2v) is 9.09. The topological polar surface area (TPSA) is 73.2 Å². The van der Waals surface area contributed by atoms with Crippen LogP contribution in [0.1, 0.15) is 11.4 Å². The Morgan fingerprint density at radius 2 is 1.76 bits per heavy atom. The lowest BCUT2D eigenvalue weighted by Crippen LogP contribution is -2.25. The van der Waals surface area contributed by atoms with Gasteiger partial charge in [0, 0.05) is 0 Å². The van der Waals surface area contributed by atoms with Crippen molar-refractivity contribution in [3.8, 4) is 11.4 Å². The average molecular weight is 490 g/mol. The summed E-state index contributed by atoms with van der Waals surface area (Å²) in [5, 5.41) is 3.04. The smallest absolute Gasteiger partial charge is 0.266 e. The number of fused-ring (bicyclic) bond motifs is 1. The Hall–Kier alpha value is -3.82. The van der Waals surface area contributed by atoms with Crippen molar-refractivity contribution in [3.05, 3.63) is 105 Å². The molecule has 0 unspecified atom stereocenters. The van der Waals surface area contributed by atoms with E-state index in [-0.39, 0.29) is 18.1 Å². The van der Waals surface area contributed by atoms with Crippen molar-refractivity contribution >= 4 is 51.2 Å². The number of para-hydroxylation sites is 1. The molecule has 6 nitrogen and oxygen atoms in total. The van der Waals surface area contributed by atoms with Gasteiger partial charge in [-0.25, -0.2) is 9.37 Å². The summed E-state index contributed by atoms with van der Waals surface area (Å²) in [7, 11) is 0. The maximum Gasteiger partial charge on any atom is 0.266 e. The first-order valence-corrected chi connectivity index (χ1v) is 11.4. The van der Waals surface area contributed by atoms with E-state index in [9.17, 15) is 14.0 Å². The number of nitrogens with zero attached hydrogens (tertiary/aromatic N) is 2. The Balaban J connectivity index is 1.44. The molecule has 4 aromatic rings. The maximum atomic E-state index is 13.5. The molecule has 34 heavy (non-hydrogen) atoms. The Morgan fingerprint density at radius 3 is 2.47 bits per heavy atom. The first-order chi connectivity index (χ1) is 16.5. The number of halogens is 1. The van der Waals surface area contributed by atoms with Gasteiger partial charge in [-0.2, -0.15) is 0 Å². The predicted octanol–water partition coefficient (Wildman–Crippen LogP) is 4.59. The minimum Gasteiger partial charge on any atom is -0.486 e. The SMILES string of the molecule is O=C1NC(=S)SC1=Cc1ccc(OCc2nc3ccccc3c(=O)n2-c2ccc(F)cc2)cc1. The molecule has 1 aliphatic rings. The zero-order chi connectivity index (χ0) is 23.7. The molecule has 0 radical (unpaired) electrons. The van der Waals surface area contributed by atoms with Crippen molar-refractivity contribution in [2.75, 3.05) is 0 Å². The number of thiocarbonyl (C=S) groups is 1. The summed E-state index contributed by atoms with van der Waals surface area (Å²) in [6.07, 6.45) is 1.75. The molecule has 168 valence electrons. The number of thioether (sulfide) groups is 1. The van der Waals surface area contributed by atoms with Crippen molar-refractivity contribution in [1.29, 1.82) is 0 Å². The molecular formula is C25H16FN3O3S2. The molecule has 1 aromatic heterocycles. The molecule has 0 aliphatic carbocycles. The lowest BCUT2D eigenvalue weighted by atomic mass is 10.2. The third kappa shape index (κ3) is 4.48. The van der Waals surface area contributed by atoms with Gasteiger partial charge in [-0.1, -0.05) is 48.2 Å². The van der Waals surface area contributed by atoms with Crippen molar-refractivity contribution < 1.29 is 13.9 Å². The number of nitrogens with one attached hydrogen (secondary N) is 1. The quantitative estimate of drug-likeness (QED) is 0.327. The summed E-state index contributed by atoms with van der Waals surface area (Å²) in [6, 6.07) is 19.9. The molecule has 1 amide bonds. The Labute approximate surface area is 203 Å². The molecule has 5 rings (SSSR count). The van der Waals surface area contributed by atoms with Crippen LogP contribution in [0.2, 0.25) is 0 Å². The summed E-state index contributed by atoms with van der Waals surface area (Å²) in [6.45, 7) is 0.0183. The van der Waals surface area contributed by atoms with Crippen LogP contribution in [0.25, 0.3) is 22.7 Å². The van der Waals surface area contributed by atoms with Gasteiger partial charge >= 0.3 is 0 Å². The minimum atomic E-state index is -0.395. The zero-order valence-electron chi connectivity index (χ0n) is 17.5. The molecule has 0 spiro atoms. The molecule has 0 bridgehead atoms. The molecule has 0 atom stereocenters. The number of carbonyl (C=O) groups excluding carboxylic acids is 1. The summed E-state index contributed by atoms with van der Waals surface area (Å²) in [4.78, 5) is 30.2. The highest BCUT2D eigenvalue weighted by molar-refractivity contribution is 8.26. The van der Waals surface area contributed by atoms with Crippen LogP contribution in [-0.2, 0) is 11.4 Å². The van der Waals surface area contributed by atoms with E-state index in [1.165, 1.54) is 40.6 Å².